The van der Waals surface area contributed by atoms with Gasteiger partial charge < -0.3 is 24.5 Å². The van der Waals surface area contributed by atoms with Crippen molar-refractivity contribution in [2.45, 2.75) is 38.3 Å². The van der Waals surface area contributed by atoms with Gasteiger partial charge in [-0.1, -0.05) is 19.1 Å². The number of benzene rings is 2. The number of fused-ring (bicyclic) bond motifs is 4. The Morgan fingerprint density at radius 1 is 1.21 bits per heavy atom. The molecule has 2 unspecified atom stereocenters. The van der Waals surface area contributed by atoms with Crippen LogP contribution in [0.4, 0.5) is 9.18 Å². The second-order valence-corrected chi connectivity index (χ2v) is 10.4. The Kier molecular flexibility index (Phi) is 7.26. The van der Waals surface area contributed by atoms with Gasteiger partial charge in [-0.3, -0.25) is 14.6 Å². The van der Waals surface area contributed by atoms with Crippen LogP contribution < -0.4 is 4.74 Å². The van der Waals surface area contributed by atoms with E-state index in [1.54, 1.807) is 43.2 Å². The molecule has 1 saturated heterocycles. The fraction of sp³-hybridized carbons (Fsp3) is 0.448. The molecule has 0 radical (unpaired) electrons. The second kappa shape index (κ2) is 10.5. The van der Waals surface area contributed by atoms with E-state index in [9.17, 15) is 19.1 Å². The Hall–Kier alpha value is -3.63. The summed E-state index contributed by atoms with van der Waals surface area (Å²) in [7, 11) is 3.08. The highest BCUT2D eigenvalue weighted by atomic mass is 19.1. The number of aromatic nitrogens is 1. The molecule has 1 fully saturated rings. The van der Waals surface area contributed by atoms with E-state index < -0.39 is 17.4 Å². The number of nitrogens with zero attached hydrogens (tertiary/aromatic N) is 3. The molecule has 0 spiro atoms. The van der Waals surface area contributed by atoms with E-state index in [1.807, 2.05) is 6.07 Å². The number of amides is 3. The topological polar surface area (TPSA) is 98.3 Å². The van der Waals surface area contributed by atoms with Gasteiger partial charge in [0, 0.05) is 49.3 Å². The van der Waals surface area contributed by atoms with Gasteiger partial charge in [-0.25, -0.2) is 9.18 Å². The summed E-state index contributed by atoms with van der Waals surface area (Å²) < 4.78 is 25.0. The van der Waals surface area contributed by atoms with Gasteiger partial charge in [0.05, 0.1) is 13.7 Å². The summed E-state index contributed by atoms with van der Waals surface area (Å²) in [5, 5.41) is 11.0. The number of imide groups is 1. The lowest BCUT2D eigenvalue weighted by Gasteiger charge is -2.42. The molecule has 2 atom stereocenters. The highest BCUT2D eigenvalue weighted by Crippen LogP contribution is 2.49. The summed E-state index contributed by atoms with van der Waals surface area (Å²) in [5.74, 6) is -0.605. The number of phenolic OH excluding ortho intramolecular Hbond substituents is 1. The lowest BCUT2D eigenvalue weighted by molar-refractivity contribution is -0.133. The molecule has 3 amide bonds. The maximum absolute atomic E-state index is 14.6. The Bertz CT molecular complexity index is 1410. The minimum Gasteiger partial charge on any atom is -0.508 e. The maximum Gasteiger partial charge on any atom is 0.328 e. The SMILES string of the molecule is CCN(CCCN1C(=O)N2C(c3cccc(O)c3)c3[nH]c4cc(F)c(OC)cc4c3CC2(C)C1=O)CCOC. The number of aromatic hydroxyl groups is 1. The molecule has 10 heteroatoms. The molecular weight excluding hydrogens is 503 g/mol. The van der Waals surface area contributed by atoms with Crippen molar-refractivity contribution < 1.29 is 28.6 Å². The standard InChI is InChI=1S/C29H35FN4O5/c1-5-32(12-13-38-3)10-7-11-33-27(36)29(2)17-21-20-15-24(39-4)22(30)16-23(20)31-25(21)26(34(29)28(33)37)18-8-6-9-19(35)14-18/h6,8-9,14-16,26,31,35H,5,7,10-13,17H2,1-4H3. The molecule has 3 aromatic rings. The molecule has 0 saturated carbocycles. The number of aromatic amines is 1. The first-order valence-corrected chi connectivity index (χ1v) is 13.3. The zero-order valence-corrected chi connectivity index (χ0v) is 22.8. The van der Waals surface area contributed by atoms with Crippen LogP contribution in [0.3, 0.4) is 0 Å². The van der Waals surface area contributed by atoms with Crippen LogP contribution in [0.5, 0.6) is 11.5 Å². The smallest absolute Gasteiger partial charge is 0.328 e. The minimum atomic E-state index is -1.16. The Balaban J connectivity index is 1.55. The average molecular weight is 539 g/mol. The Morgan fingerprint density at radius 3 is 2.69 bits per heavy atom. The highest BCUT2D eigenvalue weighted by molar-refractivity contribution is 6.08. The number of carbonyl (C=O) groups is 2. The number of methoxy groups -OCH3 is 2. The summed E-state index contributed by atoms with van der Waals surface area (Å²) in [6.07, 6.45) is 0.906. The molecule has 2 aliphatic rings. The summed E-state index contributed by atoms with van der Waals surface area (Å²) in [6, 6.07) is 8.65. The lowest BCUT2D eigenvalue weighted by atomic mass is 9.81. The van der Waals surface area contributed by atoms with Gasteiger partial charge in [0.15, 0.2) is 11.6 Å². The quantitative estimate of drug-likeness (QED) is 0.378. The van der Waals surface area contributed by atoms with Gasteiger partial charge in [-0.2, -0.15) is 0 Å². The second-order valence-electron chi connectivity index (χ2n) is 10.4. The predicted octanol–water partition coefficient (Wildman–Crippen LogP) is 4.05. The molecule has 2 N–H and O–H groups in total. The van der Waals surface area contributed by atoms with Crippen molar-refractivity contribution in [3.63, 3.8) is 0 Å². The largest absolute Gasteiger partial charge is 0.508 e. The van der Waals surface area contributed by atoms with Gasteiger partial charge >= 0.3 is 6.03 Å². The summed E-state index contributed by atoms with van der Waals surface area (Å²) >= 11 is 0. The van der Waals surface area contributed by atoms with Gasteiger partial charge in [0.25, 0.3) is 5.91 Å². The van der Waals surface area contributed by atoms with E-state index in [2.05, 4.69) is 16.8 Å². The number of hydrogen-bond acceptors (Lipinski definition) is 6. The molecule has 39 heavy (non-hydrogen) atoms. The first-order valence-electron chi connectivity index (χ1n) is 13.3. The number of carbonyl (C=O) groups excluding carboxylic acids is 2. The van der Waals surface area contributed by atoms with Crippen LogP contribution in [-0.4, -0.2) is 89.3 Å². The number of ether oxygens (including phenoxy) is 2. The van der Waals surface area contributed by atoms with E-state index >= 15 is 0 Å². The summed E-state index contributed by atoms with van der Waals surface area (Å²) in [4.78, 5) is 36.5. The lowest BCUT2D eigenvalue weighted by Crippen LogP contribution is -2.53. The number of nitrogens with one attached hydrogen (secondary N) is 1. The van der Waals surface area contributed by atoms with E-state index in [-0.39, 0.29) is 29.9 Å². The molecule has 3 heterocycles. The number of halogens is 1. The van der Waals surface area contributed by atoms with Crippen molar-refractivity contribution in [2.24, 2.45) is 0 Å². The van der Waals surface area contributed by atoms with Crippen molar-refractivity contribution in [3.05, 3.63) is 59.0 Å². The maximum atomic E-state index is 14.6. The van der Waals surface area contributed by atoms with Crippen LogP contribution in [0.2, 0.25) is 0 Å². The number of likely N-dealkylation sites (N-methyl/N-ethyl adjacent to an activating group) is 1. The van der Waals surface area contributed by atoms with Crippen molar-refractivity contribution >= 4 is 22.8 Å². The summed E-state index contributed by atoms with van der Waals surface area (Å²) in [5.41, 5.74) is 1.58. The summed E-state index contributed by atoms with van der Waals surface area (Å²) in [6.45, 7) is 7.15. The third-order valence-electron chi connectivity index (χ3n) is 8.04. The third-order valence-corrected chi connectivity index (χ3v) is 8.04. The number of rotatable bonds is 10. The molecular formula is C29H35FN4O5. The van der Waals surface area contributed by atoms with E-state index in [1.165, 1.54) is 18.1 Å². The van der Waals surface area contributed by atoms with Crippen LogP contribution in [0.25, 0.3) is 10.9 Å². The molecule has 1 aromatic heterocycles. The molecule has 9 nitrogen and oxygen atoms in total. The van der Waals surface area contributed by atoms with Crippen molar-refractivity contribution in [1.29, 1.82) is 0 Å². The normalized spacial score (nSPS) is 20.7. The fourth-order valence-corrected chi connectivity index (χ4v) is 6.01. The molecule has 208 valence electrons. The van der Waals surface area contributed by atoms with Gasteiger partial charge in [0.1, 0.15) is 17.3 Å². The number of phenols is 1. The van der Waals surface area contributed by atoms with Crippen molar-refractivity contribution in [2.75, 3.05) is 47.0 Å². The highest BCUT2D eigenvalue weighted by Gasteiger charge is 2.60. The number of H-pyrrole nitrogens is 1. The molecule has 2 aromatic carbocycles. The van der Waals surface area contributed by atoms with Crippen LogP contribution in [0, 0.1) is 5.82 Å². The molecule has 0 bridgehead atoms. The van der Waals surface area contributed by atoms with Gasteiger partial charge in [-0.05, 0) is 55.8 Å². The monoisotopic (exact) mass is 538 g/mol. The first-order chi connectivity index (χ1) is 18.7. The first kappa shape index (κ1) is 27.0. The third kappa shape index (κ3) is 4.51. The van der Waals surface area contributed by atoms with Crippen molar-refractivity contribution in [1.82, 2.24) is 19.7 Å². The Morgan fingerprint density at radius 2 is 2.00 bits per heavy atom. The van der Waals surface area contributed by atoms with Crippen LogP contribution in [0.1, 0.15) is 43.1 Å². The average Bonchev–Trinajstić information content (AvgIpc) is 3.35. The van der Waals surface area contributed by atoms with E-state index in [0.717, 1.165) is 30.6 Å². The van der Waals surface area contributed by atoms with Crippen LogP contribution in [0.15, 0.2) is 36.4 Å². The Labute approximate surface area is 227 Å². The van der Waals surface area contributed by atoms with E-state index in [4.69, 9.17) is 9.47 Å². The molecule has 0 aliphatic carbocycles. The fourth-order valence-electron chi connectivity index (χ4n) is 6.01. The number of urea groups is 1. The minimum absolute atomic E-state index is 0.0516. The van der Waals surface area contributed by atoms with Gasteiger partial charge in [0.2, 0.25) is 0 Å². The van der Waals surface area contributed by atoms with Gasteiger partial charge in [-0.15, -0.1) is 0 Å². The van der Waals surface area contributed by atoms with Crippen molar-refractivity contribution in [3.8, 4) is 11.5 Å². The predicted molar refractivity (Wildman–Crippen MR) is 144 cm³/mol. The van der Waals surface area contributed by atoms with Crippen LogP contribution in [-0.2, 0) is 16.0 Å². The van der Waals surface area contributed by atoms with Crippen LogP contribution >= 0.6 is 0 Å². The zero-order chi connectivity index (χ0) is 27.9. The number of hydrogen-bond donors (Lipinski definition) is 2. The molecule has 5 rings (SSSR count). The van der Waals surface area contributed by atoms with E-state index in [0.29, 0.717) is 36.3 Å². The molecule has 2 aliphatic heterocycles. The zero-order valence-electron chi connectivity index (χ0n) is 22.8.